The van der Waals surface area contributed by atoms with Crippen LogP contribution in [0.4, 0.5) is 17.6 Å². The summed E-state index contributed by atoms with van der Waals surface area (Å²) in [4.78, 5) is 22.4. The third-order valence-corrected chi connectivity index (χ3v) is 4.93. The van der Waals surface area contributed by atoms with E-state index in [1.807, 2.05) is 25.1 Å². The Hall–Kier alpha value is -3.22. The maximum Gasteiger partial charge on any atom is 0.225 e. The number of nitrogens with zero attached hydrogens (tertiary/aromatic N) is 6. The molecule has 1 aliphatic heterocycles. The quantitative estimate of drug-likeness (QED) is 0.735. The molecule has 1 saturated heterocycles. The van der Waals surface area contributed by atoms with Gasteiger partial charge in [-0.1, -0.05) is 30.3 Å². The molecular weight excluding hydrogens is 350 g/mol. The molecule has 1 aromatic carbocycles. The molecule has 1 atom stereocenters. The van der Waals surface area contributed by atoms with Crippen LogP contribution in [0.25, 0.3) is 0 Å². The van der Waals surface area contributed by atoms with Crippen molar-refractivity contribution in [2.75, 3.05) is 41.3 Å². The van der Waals surface area contributed by atoms with Gasteiger partial charge in [0.15, 0.2) is 0 Å². The number of aromatic nitrogens is 4. The van der Waals surface area contributed by atoms with Gasteiger partial charge in [-0.2, -0.15) is 0 Å². The van der Waals surface area contributed by atoms with Gasteiger partial charge in [-0.25, -0.2) is 19.9 Å². The lowest BCUT2D eigenvalue weighted by atomic mass is 10.1. The van der Waals surface area contributed by atoms with Gasteiger partial charge in [0, 0.05) is 50.7 Å². The molecule has 0 bridgehead atoms. The minimum atomic E-state index is 0.176. The van der Waals surface area contributed by atoms with Crippen molar-refractivity contribution in [3.63, 3.8) is 0 Å². The van der Waals surface area contributed by atoms with Crippen molar-refractivity contribution in [1.29, 1.82) is 0 Å². The first-order valence-corrected chi connectivity index (χ1v) is 9.63. The molecule has 0 amide bonds. The first-order valence-electron chi connectivity index (χ1n) is 9.63. The molecule has 1 unspecified atom stereocenters. The molecule has 0 spiro atoms. The van der Waals surface area contributed by atoms with Crippen molar-refractivity contribution < 1.29 is 0 Å². The maximum absolute atomic E-state index is 4.66. The van der Waals surface area contributed by atoms with Crippen LogP contribution in [0.15, 0.2) is 54.9 Å². The van der Waals surface area contributed by atoms with Crippen molar-refractivity contribution in [1.82, 2.24) is 19.9 Å². The van der Waals surface area contributed by atoms with Gasteiger partial charge in [0.2, 0.25) is 5.95 Å². The van der Waals surface area contributed by atoms with Crippen molar-refractivity contribution >= 4 is 17.6 Å². The van der Waals surface area contributed by atoms with Gasteiger partial charge in [-0.05, 0) is 25.5 Å². The molecule has 28 heavy (non-hydrogen) atoms. The molecule has 4 rings (SSSR count). The molecule has 7 nitrogen and oxygen atoms in total. The molecule has 1 fully saturated rings. The predicted octanol–water partition coefficient (Wildman–Crippen LogP) is 3.07. The summed E-state index contributed by atoms with van der Waals surface area (Å²) in [6.45, 7) is 7.58. The average Bonchev–Trinajstić information content (AvgIpc) is 2.75. The van der Waals surface area contributed by atoms with Gasteiger partial charge in [0.05, 0.1) is 0 Å². The average molecular weight is 375 g/mol. The number of benzene rings is 1. The van der Waals surface area contributed by atoms with Crippen LogP contribution in [-0.4, -0.2) is 46.1 Å². The summed E-state index contributed by atoms with van der Waals surface area (Å²) in [7, 11) is 0. The Morgan fingerprint density at radius 1 is 0.893 bits per heavy atom. The van der Waals surface area contributed by atoms with E-state index in [0.29, 0.717) is 0 Å². The van der Waals surface area contributed by atoms with Gasteiger partial charge in [-0.3, -0.25) is 0 Å². The Labute approximate surface area is 165 Å². The summed E-state index contributed by atoms with van der Waals surface area (Å²) in [5.41, 5.74) is 1.23. The number of anilines is 3. The van der Waals surface area contributed by atoms with Crippen LogP contribution in [0.1, 0.15) is 24.4 Å². The molecule has 2 aromatic heterocycles. The van der Waals surface area contributed by atoms with E-state index in [0.717, 1.165) is 49.6 Å². The van der Waals surface area contributed by atoms with Crippen molar-refractivity contribution in [3.8, 4) is 0 Å². The molecule has 0 aliphatic carbocycles. The molecule has 0 saturated carbocycles. The summed E-state index contributed by atoms with van der Waals surface area (Å²) in [5, 5.41) is 3.50. The van der Waals surface area contributed by atoms with Crippen LogP contribution in [-0.2, 0) is 0 Å². The van der Waals surface area contributed by atoms with Gasteiger partial charge in [0.25, 0.3) is 0 Å². The predicted molar refractivity (Wildman–Crippen MR) is 112 cm³/mol. The summed E-state index contributed by atoms with van der Waals surface area (Å²) in [6.07, 6.45) is 3.57. The van der Waals surface area contributed by atoms with Gasteiger partial charge in [0.1, 0.15) is 17.5 Å². The van der Waals surface area contributed by atoms with Gasteiger partial charge < -0.3 is 15.1 Å². The van der Waals surface area contributed by atoms with E-state index in [1.165, 1.54) is 5.56 Å². The fraction of sp³-hybridized carbons (Fsp3) is 0.333. The molecule has 3 aromatic rings. The Balaban J connectivity index is 1.44. The standard InChI is InChI=1S/C21H25N7/c1-16(18-7-4-3-5-8-18)24-19-15-20(26-17(2)25-19)27-11-13-28(14-12-27)21-22-9-6-10-23-21/h3-10,15-16H,11-14H2,1-2H3,(H,24,25,26). The highest BCUT2D eigenvalue weighted by Gasteiger charge is 2.20. The smallest absolute Gasteiger partial charge is 0.225 e. The number of hydrogen-bond donors (Lipinski definition) is 1. The lowest BCUT2D eigenvalue weighted by molar-refractivity contribution is 0.633. The second-order valence-corrected chi connectivity index (χ2v) is 6.96. The largest absolute Gasteiger partial charge is 0.363 e. The van der Waals surface area contributed by atoms with E-state index in [9.17, 15) is 0 Å². The van der Waals surface area contributed by atoms with E-state index in [1.54, 1.807) is 12.4 Å². The summed E-state index contributed by atoms with van der Waals surface area (Å²) in [6, 6.07) is 14.4. The number of rotatable bonds is 5. The van der Waals surface area contributed by atoms with E-state index >= 15 is 0 Å². The molecule has 0 radical (unpaired) electrons. The fourth-order valence-corrected chi connectivity index (χ4v) is 3.42. The molecule has 1 N–H and O–H groups in total. The zero-order chi connectivity index (χ0) is 19.3. The van der Waals surface area contributed by atoms with Crippen LogP contribution in [0.5, 0.6) is 0 Å². The van der Waals surface area contributed by atoms with Crippen molar-refractivity contribution in [3.05, 3.63) is 66.2 Å². The van der Waals surface area contributed by atoms with Crippen LogP contribution in [0.3, 0.4) is 0 Å². The topological polar surface area (TPSA) is 70.1 Å². The molecule has 3 heterocycles. The SMILES string of the molecule is Cc1nc(NC(C)c2ccccc2)cc(N2CCN(c3ncccn3)CC2)n1. The Morgan fingerprint density at radius 3 is 2.29 bits per heavy atom. The zero-order valence-corrected chi connectivity index (χ0v) is 16.3. The number of aryl methyl sites for hydroxylation is 1. The van der Waals surface area contributed by atoms with Crippen LogP contribution >= 0.6 is 0 Å². The van der Waals surface area contributed by atoms with E-state index in [-0.39, 0.29) is 6.04 Å². The first kappa shape index (κ1) is 18.2. The second kappa shape index (κ2) is 8.21. The highest BCUT2D eigenvalue weighted by molar-refractivity contribution is 5.51. The highest BCUT2D eigenvalue weighted by atomic mass is 15.3. The monoisotopic (exact) mass is 375 g/mol. The number of hydrogen-bond acceptors (Lipinski definition) is 7. The Kier molecular flexibility index (Phi) is 5.32. The van der Waals surface area contributed by atoms with E-state index < -0.39 is 0 Å². The Morgan fingerprint density at radius 2 is 1.57 bits per heavy atom. The molecule has 144 valence electrons. The molecular formula is C21H25N7. The number of piperazine rings is 1. The van der Waals surface area contributed by atoms with Gasteiger partial charge >= 0.3 is 0 Å². The van der Waals surface area contributed by atoms with E-state index in [4.69, 9.17) is 0 Å². The third kappa shape index (κ3) is 4.19. The molecule has 7 heteroatoms. The van der Waals surface area contributed by atoms with Crippen LogP contribution in [0.2, 0.25) is 0 Å². The lowest BCUT2D eigenvalue weighted by Gasteiger charge is -2.35. The van der Waals surface area contributed by atoms with Crippen molar-refractivity contribution in [2.45, 2.75) is 19.9 Å². The third-order valence-electron chi connectivity index (χ3n) is 4.93. The van der Waals surface area contributed by atoms with Crippen LogP contribution in [0, 0.1) is 6.92 Å². The zero-order valence-electron chi connectivity index (χ0n) is 16.3. The highest BCUT2D eigenvalue weighted by Crippen LogP contribution is 2.22. The number of nitrogens with one attached hydrogen (secondary N) is 1. The minimum absolute atomic E-state index is 0.176. The normalized spacial score (nSPS) is 15.4. The minimum Gasteiger partial charge on any atom is -0.363 e. The molecule has 1 aliphatic rings. The Bertz CT molecular complexity index is 893. The summed E-state index contributed by atoms with van der Waals surface area (Å²) >= 11 is 0. The summed E-state index contributed by atoms with van der Waals surface area (Å²) < 4.78 is 0. The summed E-state index contributed by atoms with van der Waals surface area (Å²) in [5.74, 6) is 3.38. The van der Waals surface area contributed by atoms with Crippen molar-refractivity contribution in [2.24, 2.45) is 0 Å². The van der Waals surface area contributed by atoms with Crippen LogP contribution < -0.4 is 15.1 Å². The first-order chi connectivity index (χ1) is 13.7. The van der Waals surface area contributed by atoms with Gasteiger partial charge in [-0.15, -0.1) is 0 Å². The van der Waals surface area contributed by atoms with E-state index in [2.05, 4.69) is 66.2 Å². The fourth-order valence-electron chi connectivity index (χ4n) is 3.42. The lowest BCUT2D eigenvalue weighted by Crippen LogP contribution is -2.47. The maximum atomic E-state index is 4.66. The second-order valence-electron chi connectivity index (χ2n) is 6.96.